The number of likely N-dealkylation sites (tertiary alicyclic amines) is 1. The molecule has 1 saturated heterocycles. The molecule has 3 nitrogen and oxygen atoms in total. The predicted molar refractivity (Wildman–Crippen MR) is 74.6 cm³/mol. The van der Waals surface area contributed by atoms with Gasteiger partial charge < -0.3 is 14.6 Å². The van der Waals surface area contributed by atoms with Gasteiger partial charge in [0.05, 0.1) is 12.3 Å². The fourth-order valence-corrected chi connectivity index (χ4v) is 2.75. The van der Waals surface area contributed by atoms with Gasteiger partial charge in [-0.2, -0.15) is 0 Å². The molecule has 0 aromatic carbocycles. The topological polar surface area (TPSA) is 28.4 Å². The van der Waals surface area contributed by atoms with Gasteiger partial charge in [-0.05, 0) is 70.4 Å². The van der Waals surface area contributed by atoms with Gasteiger partial charge >= 0.3 is 0 Å². The molecule has 2 heterocycles. The van der Waals surface area contributed by atoms with Crippen LogP contribution in [0.4, 0.5) is 0 Å². The lowest BCUT2D eigenvalue weighted by Crippen LogP contribution is -2.32. The standard InChI is InChI=1S/C15H26N2O/c1-3-14(15-5-4-12-18-15)16-9-6-13-7-10-17(2)11-8-13/h4-5,12-14,16H,3,6-11H2,1-2H3. The van der Waals surface area contributed by atoms with E-state index in [9.17, 15) is 0 Å². The zero-order valence-electron chi connectivity index (χ0n) is 11.7. The van der Waals surface area contributed by atoms with E-state index >= 15 is 0 Å². The van der Waals surface area contributed by atoms with Gasteiger partial charge in [0, 0.05) is 0 Å². The Morgan fingerprint density at radius 1 is 1.44 bits per heavy atom. The first kappa shape index (κ1) is 13.6. The van der Waals surface area contributed by atoms with Crippen molar-refractivity contribution < 1.29 is 4.42 Å². The second-order valence-corrected chi connectivity index (χ2v) is 5.47. The maximum Gasteiger partial charge on any atom is 0.120 e. The number of hydrogen-bond acceptors (Lipinski definition) is 3. The number of hydrogen-bond donors (Lipinski definition) is 1. The van der Waals surface area contributed by atoms with Crippen molar-refractivity contribution in [1.82, 2.24) is 10.2 Å². The van der Waals surface area contributed by atoms with E-state index in [0.717, 1.165) is 24.6 Å². The van der Waals surface area contributed by atoms with Crippen molar-refractivity contribution in [3.63, 3.8) is 0 Å². The van der Waals surface area contributed by atoms with Crippen LogP contribution in [0.5, 0.6) is 0 Å². The molecule has 0 bridgehead atoms. The van der Waals surface area contributed by atoms with Crippen LogP contribution in [0.25, 0.3) is 0 Å². The molecule has 0 aliphatic carbocycles. The van der Waals surface area contributed by atoms with Crippen molar-refractivity contribution in [2.75, 3.05) is 26.7 Å². The van der Waals surface area contributed by atoms with Gasteiger partial charge in [-0.25, -0.2) is 0 Å². The third-order valence-corrected chi connectivity index (χ3v) is 4.08. The fraction of sp³-hybridized carbons (Fsp3) is 0.733. The van der Waals surface area contributed by atoms with Gasteiger partial charge in [-0.1, -0.05) is 6.92 Å². The third kappa shape index (κ3) is 3.85. The molecule has 0 saturated carbocycles. The van der Waals surface area contributed by atoms with Crippen LogP contribution >= 0.6 is 0 Å². The van der Waals surface area contributed by atoms with Crippen molar-refractivity contribution in [3.8, 4) is 0 Å². The zero-order chi connectivity index (χ0) is 12.8. The minimum atomic E-state index is 0.381. The summed E-state index contributed by atoms with van der Waals surface area (Å²) in [7, 11) is 2.22. The molecule has 18 heavy (non-hydrogen) atoms. The zero-order valence-corrected chi connectivity index (χ0v) is 11.7. The van der Waals surface area contributed by atoms with Crippen LogP contribution in [-0.2, 0) is 0 Å². The van der Waals surface area contributed by atoms with Crippen LogP contribution < -0.4 is 5.32 Å². The van der Waals surface area contributed by atoms with Crippen LogP contribution in [-0.4, -0.2) is 31.6 Å². The van der Waals surface area contributed by atoms with E-state index in [1.54, 1.807) is 6.26 Å². The normalized spacial score (nSPS) is 20.1. The summed E-state index contributed by atoms with van der Waals surface area (Å²) in [6, 6.07) is 4.42. The van der Waals surface area contributed by atoms with Crippen molar-refractivity contribution in [1.29, 1.82) is 0 Å². The number of furan rings is 1. The van der Waals surface area contributed by atoms with Crippen molar-refractivity contribution in [2.45, 2.75) is 38.6 Å². The first-order valence-electron chi connectivity index (χ1n) is 7.25. The van der Waals surface area contributed by atoms with E-state index in [2.05, 4.69) is 30.3 Å². The summed E-state index contributed by atoms with van der Waals surface area (Å²) in [4.78, 5) is 2.43. The third-order valence-electron chi connectivity index (χ3n) is 4.08. The molecule has 1 atom stereocenters. The first-order chi connectivity index (χ1) is 8.79. The summed E-state index contributed by atoms with van der Waals surface area (Å²) >= 11 is 0. The Labute approximate surface area is 111 Å². The van der Waals surface area contributed by atoms with Gasteiger partial charge in [-0.3, -0.25) is 0 Å². The molecule has 102 valence electrons. The largest absolute Gasteiger partial charge is 0.468 e. The molecule has 0 radical (unpaired) electrons. The van der Waals surface area contributed by atoms with Crippen molar-refractivity contribution in [2.24, 2.45) is 5.92 Å². The van der Waals surface area contributed by atoms with Gasteiger partial charge in [0.1, 0.15) is 5.76 Å². The van der Waals surface area contributed by atoms with Crippen LogP contribution in [0.3, 0.4) is 0 Å². The van der Waals surface area contributed by atoms with E-state index in [0.29, 0.717) is 6.04 Å². The fourth-order valence-electron chi connectivity index (χ4n) is 2.75. The molecule has 0 amide bonds. The minimum absolute atomic E-state index is 0.381. The molecular weight excluding hydrogens is 224 g/mol. The van der Waals surface area contributed by atoms with Gasteiger partial charge in [0.25, 0.3) is 0 Å². The van der Waals surface area contributed by atoms with Crippen molar-refractivity contribution >= 4 is 0 Å². The number of nitrogens with one attached hydrogen (secondary N) is 1. The lowest BCUT2D eigenvalue weighted by Gasteiger charge is -2.29. The van der Waals surface area contributed by atoms with Gasteiger partial charge in [0.15, 0.2) is 0 Å². The van der Waals surface area contributed by atoms with Crippen molar-refractivity contribution in [3.05, 3.63) is 24.2 Å². The average molecular weight is 250 g/mol. The summed E-state index contributed by atoms with van der Waals surface area (Å²) in [5, 5.41) is 3.62. The van der Waals surface area contributed by atoms with Crippen LogP contribution in [0.15, 0.2) is 22.8 Å². The highest BCUT2D eigenvalue weighted by Crippen LogP contribution is 2.20. The molecule has 0 spiro atoms. The lowest BCUT2D eigenvalue weighted by molar-refractivity contribution is 0.209. The predicted octanol–water partition coefficient (Wildman–Crippen LogP) is 3.05. The summed E-state index contributed by atoms with van der Waals surface area (Å²) in [5.74, 6) is 1.98. The molecule has 1 aliphatic heterocycles. The summed E-state index contributed by atoms with van der Waals surface area (Å²) in [6.45, 7) is 5.84. The summed E-state index contributed by atoms with van der Waals surface area (Å²) in [6.07, 6.45) is 6.86. The van der Waals surface area contributed by atoms with E-state index in [-0.39, 0.29) is 0 Å². The molecule has 1 unspecified atom stereocenters. The maximum atomic E-state index is 5.47. The van der Waals surface area contributed by atoms with E-state index in [1.165, 1.54) is 32.4 Å². The Bertz CT molecular complexity index is 315. The van der Waals surface area contributed by atoms with Gasteiger partial charge in [0.2, 0.25) is 0 Å². The Morgan fingerprint density at radius 3 is 2.83 bits per heavy atom. The molecule has 1 aromatic heterocycles. The van der Waals surface area contributed by atoms with Crippen LogP contribution in [0, 0.1) is 5.92 Å². The summed E-state index contributed by atoms with van der Waals surface area (Å²) in [5.41, 5.74) is 0. The molecule has 1 N–H and O–H groups in total. The highest BCUT2D eigenvalue weighted by molar-refractivity contribution is 5.03. The number of nitrogens with zero attached hydrogens (tertiary/aromatic N) is 1. The Morgan fingerprint density at radius 2 is 2.22 bits per heavy atom. The Kier molecular flexibility index (Phi) is 5.26. The van der Waals surface area contributed by atoms with Crippen LogP contribution in [0.2, 0.25) is 0 Å². The molecule has 1 aliphatic rings. The lowest BCUT2D eigenvalue weighted by atomic mass is 9.94. The molecule has 3 heteroatoms. The second-order valence-electron chi connectivity index (χ2n) is 5.47. The SMILES string of the molecule is CCC(NCCC1CCN(C)CC1)c1ccco1. The van der Waals surface area contributed by atoms with Gasteiger partial charge in [-0.15, -0.1) is 0 Å². The van der Waals surface area contributed by atoms with E-state index < -0.39 is 0 Å². The molecule has 1 fully saturated rings. The highest BCUT2D eigenvalue weighted by atomic mass is 16.3. The molecular formula is C15H26N2O. The molecule has 2 rings (SSSR count). The Balaban J connectivity index is 1.68. The quantitative estimate of drug-likeness (QED) is 0.841. The van der Waals surface area contributed by atoms with E-state index in [4.69, 9.17) is 4.42 Å². The van der Waals surface area contributed by atoms with Crippen LogP contribution in [0.1, 0.15) is 44.4 Å². The summed E-state index contributed by atoms with van der Waals surface area (Å²) < 4.78 is 5.47. The average Bonchev–Trinajstić information content (AvgIpc) is 2.91. The number of piperidine rings is 1. The van der Waals surface area contributed by atoms with E-state index in [1.807, 2.05) is 6.07 Å². The maximum absolute atomic E-state index is 5.47. The minimum Gasteiger partial charge on any atom is -0.468 e. The number of rotatable bonds is 6. The smallest absolute Gasteiger partial charge is 0.120 e. The first-order valence-corrected chi connectivity index (χ1v) is 7.25. The highest BCUT2D eigenvalue weighted by Gasteiger charge is 2.17. The molecule has 1 aromatic rings. The monoisotopic (exact) mass is 250 g/mol. The Hall–Kier alpha value is -0.800. The second kappa shape index (κ2) is 6.95.